The van der Waals surface area contributed by atoms with E-state index in [0.717, 1.165) is 11.3 Å². The number of hydrogen-bond acceptors (Lipinski definition) is 2. The zero-order valence-corrected chi connectivity index (χ0v) is 17.3. The van der Waals surface area contributed by atoms with Crippen LogP contribution in [-0.2, 0) is 0 Å². The minimum absolute atomic E-state index is 0.131. The molecule has 2 heterocycles. The zero-order chi connectivity index (χ0) is 20.0. The van der Waals surface area contributed by atoms with Crippen molar-refractivity contribution in [1.82, 2.24) is 9.97 Å². The fraction of sp³-hybridized carbons (Fsp3) is 0.545. The molecule has 0 fully saturated rings. The SMILES string of the molecule is CC(C)c1cc(F)c(C(C)C)cn1.CC(C)c1cnc(C(C)C)c(F)c1. The van der Waals surface area contributed by atoms with Crippen molar-refractivity contribution in [2.45, 2.75) is 79.1 Å². The molecule has 0 spiro atoms. The van der Waals surface area contributed by atoms with Gasteiger partial charge in [-0.15, -0.1) is 0 Å². The van der Waals surface area contributed by atoms with Crippen molar-refractivity contribution in [2.24, 2.45) is 0 Å². The maximum absolute atomic E-state index is 13.4. The lowest BCUT2D eigenvalue weighted by Crippen LogP contribution is -2.00. The highest BCUT2D eigenvalue weighted by Crippen LogP contribution is 2.21. The highest BCUT2D eigenvalue weighted by Gasteiger charge is 2.10. The largest absolute Gasteiger partial charge is 0.261 e. The van der Waals surface area contributed by atoms with E-state index >= 15 is 0 Å². The molecule has 0 aliphatic rings. The molecule has 0 aromatic carbocycles. The van der Waals surface area contributed by atoms with Gasteiger partial charge in [-0.05, 0) is 41.4 Å². The Labute approximate surface area is 157 Å². The molecule has 4 heteroatoms. The molecule has 0 aliphatic heterocycles. The van der Waals surface area contributed by atoms with Crippen LogP contribution in [0.25, 0.3) is 0 Å². The van der Waals surface area contributed by atoms with Crippen LogP contribution in [-0.4, -0.2) is 9.97 Å². The van der Waals surface area contributed by atoms with Crippen LogP contribution in [0.4, 0.5) is 8.78 Å². The number of halogens is 2. The lowest BCUT2D eigenvalue weighted by molar-refractivity contribution is 0.579. The molecule has 0 saturated carbocycles. The van der Waals surface area contributed by atoms with Gasteiger partial charge in [-0.25, -0.2) is 8.78 Å². The lowest BCUT2D eigenvalue weighted by Gasteiger charge is -2.09. The average molecular weight is 363 g/mol. The number of hydrogen-bond donors (Lipinski definition) is 0. The Morgan fingerprint density at radius 1 is 0.654 bits per heavy atom. The van der Waals surface area contributed by atoms with Crippen molar-refractivity contribution < 1.29 is 8.78 Å². The molecule has 0 bridgehead atoms. The number of pyridine rings is 2. The van der Waals surface area contributed by atoms with Gasteiger partial charge in [-0.2, -0.15) is 0 Å². The smallest absolute Gasteiger partial charge is 0.145 e. The van der Waals surface area contributed by atoms with E-state index in [4.69, 9.17) is 0 Å². The van der Waals surface area contributed by atoms with Crippen LogP contribution in [0.3, 0.4) is 0 Å². The highest BCUT2D eigenvalue weighted by molar-refractivity contribution is 5.21. The second-order valence-electron chi connectivity index (χ2n) is 7.89. The highest BCUT2D eigenvalue weighted by atomic mass is 19.1. The molecule has 144 valence electrons. The van der Waals surface area contributed by atoms with Gasteiger partial charge in [0.05, 0.1) is 5.69 Å². The molecular formula is C22H32F2N2. The van der Waals surface area contributed by atoms with Gasteiger partial charge in [0.15, 0.2) is 0 Å². The van der Waals surface area contributed by atoms with Gasteiger partial charge in [-0.1, -0.05) is 55.4 Å². The van der Waals surface area contributed by atoms with Gasteiger partial charge in [0.2, 0.25) is 0 Å². The first-order valence-electron chi connectivity index (χ1n) is 9.35. The van der Waals surface area contributed by atoms with E-state index in [2.05, 4.69) is 9.97 Å². The van der Waals surface area contributed by atoms with Crippen molar-refractivity contribution in [3.8, 4) is 0 Å². The molecule has 0 amide bonds. The Hall–Kier alpha value is -1.84. The average Bonchev–Trinajstić information content (AvgIpc) is 2.54. The molecule has 2 aromatic heterocycles. The van der Waals surface area contributed by atoms with Crippen LogP contribution in [0, 0.1) is 11.6 Å². The van der Waals surface area contributed by atoms with E-state index in [-0.39, 0.29) is 29.4 Å². The van der Waals surface area contributed by atoms with Gasteiger partial charge < -0.3 is 0 Å². The normalized spacial score (nSPS) is 11.3. The summed E-state index contributed by atoms with van der Waals surface area (Å²) in [5.41, 5.74) is 3.04. The molecule has 26 heavy (non-hydrogen) atoms. The van der Waals surface area contributed by atoms with Crippen molar-refractivity contribution in [2.75, 3.05) is 0 Å². The van der Waals surface area contributed by atoms with Crippen LogP contribution < -0.4 is 0 Å². The molecule has 0 atom stereocenters. The molecule has 0 radical (unpaired) electrons. The Kier molecular flexibility index (Phi) is 8.32. The van der Waals surface area contributed by atoms with Crippen LogP contribution >= 0.6 is 0 Å². The minimum Gasteiger partial charge on any atom is -0.261 e. The third-order valence-electron chi connectivity index (χ3n) is 4.22. The van der Waals surface area contributed by atoms with Crippen LogP contribution in [0.15, 0.2) is 24.5 Å². The second kappa shape index (κ2) is 9.75. The van der Waals surface area contributed by atoms with Crippen LogP contribution in [0.1, 0.15) is 102 Å². The second-order valence-corrected chi connectivity index (χ2v) is 7.89. The van der Waals surface area contributed by atoms with E-state index < -0.39 is 0 Å². The minimum atomic E-state index is -0.179. The van der Waals surface area contributed by atoms with E-state index in [0.29, 0.717) is 17.2 Å². The quantitative estimate of drug-likeness (QED) is 0.589. The summed E-state index contributed by atoms with van der Waals surface area (Å²) in [6.45, 7) is 15.9. The van der Waals surface area contributed by atoms with Crippen molar-refractivity contribution in [1.29, 1.82) is 0 Å². The van der Waals surface area contributed by atoms with Crippen molar-refractivity contribution >= 4 is 0 Å². The summed E-state index contributed by atoms with van der Waals surface area (Å²) in [5.74, 6) is 0.670. The monoisotopic (exact) mass is 362 g/mol. The summed E-state index contributed by atoms with van der Waals surface area (Å²) in [5, 5.41) is 0. The molecule has 2 aromatic rings. The third kappa shape index (κ3) is 6.15. The molecule has 2 rings (SSSR count). The Balaban J connectivity index is 0.000000260. The Morgan fingerprint density at radius 3 is 1.65 bits per heavy atom. The first kappa shape index (κ1) is 22.2. The molecule has 0 saturated heterocycles. The number of rotatable bonds is 4. The van der Waals surface area contributed by atoms with E-state index in [1.165, 1.54) is 0 Å². The van der Waals surface area contributed by atoms with Gasteiger partial charge in [-0.3, -0.25) is 9.97 Å². The summed E-state index contributed by atoms with van der Waals surface area (Å²) in [6.07, 6.45) is 3.42. The van der Waals surface area contributed by atoms with E-state index in [1.54, 1.807) is 24.5 Å². The van der Waals surface area contributed by atoms with Crippen molar-refractivity contribution in [3.63, 3.8) is 0 Å². The topological polar surface area (TPSA) is 25.8 Å². The molecule has 0 N–H and O–H groups in total. The van der Waals surface area contributed by atoms with Gasteiger partial charge in [0, 0.05) is 23.7 Å². The van der Waals surface area contributed by atoms with Gasteiger partial charge >= 0.3 is 0 Å². The lowest BCUT2D eigenvalue weighted by atomic mass is 10.0. The summed E-state index contributed by atoms with van der Waals surface area (Å²) in [6, 6.07) is 3.13. The summed E-state index contributed by atoms with van der Waals surface area (Å²) in [7, 11) is 0. The molecule has 0 aliphatic carbocycles. The van der Waals surface area contributed by atoms with E-state index in [1.807, 2.05) is 55.4 Å². The first-order chi connectivity index (χ1) is 12.0. The van der Waals surface area contributed by atoms with E-state index in [9.17, 15) is 8.78 Å². The number of nitrogens with zero attached hydrogens (tertiary/aromatic N) is 2. The fourth-order valence-electron chi connectivity index (χ4n) is 2.40. The summed E-state index contributed by atoms with van der Waals surface area (Å²) in [4.78, 5) is 8.34. The molecule has 0 unspecified atom stereocenters. The maximum Gasteiger partial charge on any atom is 0.145 e. The van der Waals surface area contributed by atoms with Gasteiger partial charge in [0.25, 0.3) is 0 Å². The zero-order valence-electron chi connectivity index (χ0n) is 17.3. The fourth-order valence-corrected chi connectivity index (χ4v) is 2.40. The van der Waals surface area contributed by atoms with Crippen LogP contribution in [0.2, 0.25) is 0 Å². The number of aromatic nitrogens is 2. The predicted octanol–water partition coefficient (Wildman–Crippen LogP) is 6.94. The predicted molar refractivity (Wildman–Crippen MR) is 105 cm³/mol. The maximum atomic E-state index is 13.4. The molecular weight excluding hydrogens is 330 g/mol. The summed E-state index contributed by atoms with van der Waals surface area (Å²) >= 11 is 0. The first-order valence-corrected chi connectivity index (χ1v) is 9.35. The van der Waals surface area contributed by atoms with Gasteiger partial charge in [0.1, 0.15) is 11.6 Å². The molecule has 2 nitrogen and oxygen atoms in total. The third-order valence-corrected chi connectivity index (χ3v) is 4.22. The van der Waals surface area contributed by atoms with Crippen molar-refractivity contribution in [3.05, 3.63) is 58.7 Å². The van der Waals surface area contributed by atoms with Crippen LogP contribution in [0.5, 0.6) is 0 Å². The Morgan fingerprint density at radius 2 is 1.27 bits per heavy atom. The standard InChI is InChI=1S/2C11H16FN/c1-7(2)9-6-13-11(8(3)4)5-10(9)12;1-7(2)9-5-10(12)11(8(3)4)13-6-9/h2*5-8H,1-4H3. The summed E-state index contributed by atoms with van der Waals surface area (Å²) < 4.78 is 26.8. The Bertz CT molecular complexity index is 646.